The summed E-state index contributed by atoms with van der Waals surface area (Å²) in [7, 11) is 0. The van der Waals surface area contributed by atoms with Gasteiger partial charge in [-0.1, -0.05) is 17.8 Å². The minimum atomic E-state index is -0.142. The summed E-state index contributed by atoms with van der Waals surface area (Å²) in [6.07, 6.45) is 3.35. The highest BCUT2D eigenvalue weighted by Gasteiger charge is 2.17. The Morgan fingerprint density at radius 1 is 1.29 bits per heavy atom. The van der Waals surface area contributed by atoms with Gasteiger partial charge in [0.15, 0.2) is 0 Å². The Bertz CT molecular complexity index is 1020. The van der Waals surface area contributed by atoms with Gasteiger partial charge in [-0.25, -0.2) is 9.97 Å². The number of fused-ring (bicyclic) bond motifs is 1. The summed E-state index contributed by atoms with van der Waals surface area (Å²) in [5, 5.41) is 3.38. The van der Waals surface area contributed by atoms with Gasteiger partial charge in [0.25, 0.3) is 5.56 Å². The van der Waals surface area contributed by atoms with Gasteiger partial charge in [0.1, 0.15) is 16.4 Å². The van der Waals surface area contributed by atoms with Crippen LogP contribution >= 0.6 is 23.1 Å². The van der Waals surface area contributed by atoms with E-state index in [0.29, 0.717) is 21.8 Å². The fourth-order valence-electron chi connectivity index (χ4n) is 2.43. The molecule has 0 amide bonds. The van der Waals surface area contributed by atoms with Crippen molar-refractivity contribution in [1.82, 2.24) is 15.0 Å². The van der Waals surface area contributed by atoms with E-state index in [-0.39, 0.29) is 10.8 Å². The highest BCUT2D eigenvalue weighted by Crippen LogP contribution is 2.34. The van der Waals surface area contributed by atoms with E-state index in [2.05, 4.69) is 15.0 Å². The van der Waals surface area contributed by atoms with Gasteiger partial charge in [-0.2, -0.15) is 0 Å². The molecule has 0 saturated heterocycles. The van der Waals surface area contributed by atoms with Crippen LogP contribution in [0.25, 0.3) is 21.5 Å². The first-order valence-electron chi connectivity index (χ1n) is 7.35. The zero-order valence-electron chi connectivity index (χ0n) is 12.7. The van der Waals surface area contributed by atoms with E-state index in [1.165, 1.54) is 11.3 Å². The lowest BCUT2D eigenvalue weighted by Gasteiger charge is -2.09. The fourth-order valence-corrected chi connectivity index (χ4v) is 4.22. The van der Waals surface area contributed by atoms with Crippen LogP contribution in [0.4, 0.5) is 0 Å². The first kappa shape index (κ1) is 15.2. The van der Waals surface area contributed by atoms with Crippen molar-refractivity contribution in [2.45, 2.75) is 17.2 Å². The Morgan fingerprint density at radius 2 is 2.21 bits per heavy atom. The summed E-state index contributed by atoms with van der Waals surface area (Å²) in [5.74, 6) is 1.33. The van der Waals surface area contributed by atoms with E-state index in [1.54, 1.807) is 30.3 Å². The molecular weight excluding hydrogens is 342 g/mol. The number of nitrogens with one attached hydrogen (secondary N) is 1. The number of hydrogen-bond donors (Lipinski definition) is 1. The SMILES string of the molecule is C[C@H](Sc1ccccn1)c1nc2scc(-c3ccco3)c2c(=O)[nH]1. The summed E-state index contributed by atoms with van der Waals surface area (Å²) >= 11 is 3.01. The van der Waals surface area contributed by atoms with E-state index in [9.17, 15) is 4.79 Å². The van der Waals surface area contributed by atoms with Gasteiger partial charge < -0.3 is 9.40 Å². The lowest BCUT2D eigenvalue weighted by atomic mass is 10.2. The third-order valence-corrected chi connectivity index (χ3v) is 5.50. The van der Waals surface area contributed by atoms with E-state index in [0.717, 1.165) is 10.6 Å². The van der Waals surface area contributed by atoms with Gasteiger partial charge in [0.05, 0.1) is 21.9 Å². The molecule has 5 nitrogen and oxygen atoms in total. The Balaban J connectivity index is 1.72. The van der Waals surface area contributed by atoms with E-state index >= 15 is 0 Å². The fraction of sp³-hybridized carbons (Fsp3) is 0.118. The lowest BCUT2D eigenvalue weighted by Crippen LogP contribution is -2.12. The van der Waals surface area contributed by atoms with Crippen molar-refractivity contribution in [3.05, 3.63) is 64.4 Å². The van der Waals surface area contributed by atoms with Crippen molar-refractivity contribution in [3.8, 4) is 11.3 Å². The molecule has 24 heavy (non-hydrogen) atoms. The molecule has 0 aromatic carbocycles. The van der Waals surface area contributed by atoms with Crippen LogP contribution in [0.15, 0.2) is 62.4 Å². The van der Waals surface area contributed by atoms with Crippen LogP contribution in [0, 0.1) is 0 Å². The first-order valence-corrected chi connectivity index (χ1v) is 9.11. The summed E-state index contributed by atoms with van der Waals surface area (Å²) in [6.45, 7) is 2.00. The highest BCUT2D eigenvalue weighted by atomic mass is 32.2. The topological polar surface area (TPSA) is 71.8 Å². The summed E-state index contributed by atoms with van der Waals surface area (Å²) < 4.78 is 5.41. The van der Waals surface area contributed by atoms with Gasteiger partial charge in [-0.05, 0) is 31.2 Å². The van der Waals surface area contributed by atoms with Crippen molar-refractivity contribution < 1.29 is 4.42 Å². The van der Waals surface area contributed by atoms with E-state index < -0.39 is 0 Å². The van der Waals surface area contributed by atoms with Crippen LogP contribution in [-0.4, -0.2) is 15.0 Å². The normalized spacial score (nSPS) is 12.5. The van der Waals surface area contributed by atoms with E-state index in [4.69, 9.17) is 4.42 Å². The van der Waals surface area contributed by atoms with Crippen molar-refractivity contribution in [2.75, 3.05) is 0 Å². The third kappa shape index (κ3) is 2.76. The number of hydrogen-bond acceptors (Lipinski definition) is 6. The maximum absolute atomic E-state index is 12.6. The van der Waals surface area contributed by atoms with Crippen molar-refractivity contribution in [1.29, 1.82) is 0 Å². The van der Waals surface area contributed by atoms with Crippen molar-refractivity contribution in [3.63, 3.8) is 0 Å². The van der Waals surface area contributed by atoms with Crippen LogP contribution in [0.1, 0.15) is 18.0 Å². The number of rotatable bonds is 4. The second-order valence-corrected chi connectivity index (χ2v) is 7.41. The average Bonchev–Trinajstić information content (AvgIpc) is 3.24. The van der Waals surface area contributed by atoms with Crippen LogP contribution in [0.5, 0.6) is 0 Å². The van der Waals surface area contributed by atoms with E-state index in [1.807, 2.05) is 36.6 Å². The lowest BCUT2D eigenvalue weighted by molar-refractivity contribution is 0.583. The summed E-state index contributed by atoms with van der Waals surface area (Å²) in [4.78, 5) is 25.1. The largest absolute Gasteiger partial charge is 0.464 e. The number of aromatic amines is 1. The second-order valence-electron chi connectivity index (χ2n) is 5.19. The number of thioether (sulfide) groups is 1. The van der Waals surface area contributed by atoms with Gasteiger partial charge in [-0.3, -0.25) is 4.79 Å². The smallest absolute Gasteiger partial charge is 0.260 e. The van der Waals surface area contributed by atoms with Gasteiger partial charge in [0, 0.05) is 17.1 Å². The van der Waals surface area contributed by atoms with Crippen molar-refractivity contribution >= 4 is 33.3 Å². The number of nitrogens with zero attached hydrogens (tertiary/aromatic N) is 2. The zero-order valence-corrected chi connectivity index (χ0v) is 14.4. The predicted molar refractivity (Wildman–Crippen MR) is 96.5 cm³/mol. The molecule has 0 aliphatic heterocycles. The third-order valence-electron chi connectivity index (χ3n) is 3.57. The molecular formula is C17H13N3O2S2. The molecule has 0 aliphatic rings. The Morgan fingerprint density at radius 3 is 2.96 bits per heavy atom. The minimum Gasteiger partial charge on any atom is -0.464 e. The summed E-state index contributed by atoms with van der Waals surface area (Å²) in [5.41, 5.74) is 0.640. The zero-order chi connectivity index (χ0) is 16.5. The van der Waals surface area contributed by atoms with Gasteiger partial charge >= 0.3 is 0 Å². The van der Waals surface area contributed by atoms with Crippen molar-refractivity contribution in [2.24, 2.45) is 0 Å². The molecule has 4 aromatic heterocycles. The van der Waals surface area contributed by atoms with Crippen LogP contribution in [-0.2, 0) is 0 Å². The molecule has 4 heterocycles. The number of furan rings is 1. The average molecular weight is 355 g/mol. The molecule has 4 rings (SSSR count). The highest BCUT2D eigenvalue weighted by molar-refractivity contribution is 7.99. The Hall–Kier alpha value is -2.38. The van der Waals surface area contributed by atoms with Crippen LogP contribution < -0.4 is 5.56 Å². The number of H-pyrrole nitrogens is 1. The number of aromatic nitrogens is 3. The van der Waals surface area contributed by atoms with Crippen LogP contribution in [0.2, 0.25) is 0 Å². The number of pyridine rings is 1. The quantitative estimate of drug-likeness (QED) is 0.546. The maximum atomic E-state index is 12.6. The molecule has 0 spiro atoms. The molecule has 0 bridgehead atoms. The molecule has 0 saturated carbocycles. The van der Waals surface area contributed by atoms with Gasteiger partial charge in [0.2, 0.25) is 0 Å². The predicted octanol–water partition coefficient (Wildman–Crippen LogP) is 4.49. The molecule has 120 valence electrons. The molecule has 0 radical (unpaired) electrons. The first-order chi connectivity index (χ1) is 11.7. The maximum Gasteiger partial charge on any atom is 0.260 e. The molecule has 4 aromatic rings. The minimum absolute atomic E-state index is 0.00818. The monoisotopic (exact) mass is 355 g/mol. The molecule has 0 unspecified atom stereocenters. The second kappa shape index (κ2) is 6.26. The van der Waals surface area contributed by atoms with Gasteiger partial charge in [-0.15, -0.1) is 11.3 Å². The molecule has 7 heteroatoms. The Kier molecular flexibility index (Phi) is 3.95. The Labute approximate surface area is 145 Å². The molecule has 0 aliphatic carbocycles. The molecule has 1 N–H and O–H groups in total. The summed E-state index contributed by atoms with van der Waals surface area (Å²) in [6, 6.07) is 9.41. The number of thiophene rings is 1. The van der Waals surface area contributed by atoms with Crippen LogP contribution in [0.3, 0.4) is 0 Å². The molecule has 1 atom stereocenters. The molecule has 0 fully saturated rings. The standard InChI is InChI=1S/C17H13N3O2S2/c1-10(24-13-6-2-3-7-18-13)15-19-16(21)14-11(9-23-17(14)20-15)12-5-4-8-22-12/h2-10H,1H3,(H,19,20,21)/t10-/m0/s1.